The molecule has 1 aliphatic rings. The van der Waals surface area contributed by atoms with Gasteiger partial charge in [0.1, 0.15) is 5.56 Å². The molecule has 1 aromatic rings. The van der Waals surface area contributed by atoms with Crippen molar-refractivity contribution in [3.63, 3.8) is 0 Å². The SMILES string of the molecule is O=C(NC1CC(O)C1)c1ccc[nH]c1=O. The molecule has 2 rings (SSSR count). The van der Waals surface area contributed by atoms with Gasteiger partial charge in [0.25, 0.3) is 11.5 Å². The van der Waals surface area contributed by atoms with Gasteiger partial charge in [0, 0.05) is 12.2 Å². The molecule has 3 N–H and O–H groups in total. The monoisotopic (exact) mass is 208 g/mol. The number of pyridine rings is 1. The molecule has 0 aliphatic heterocycles. The standard InChI is InChI=1S/C10H12N2O3/c13-7-4-6(5-7)12-10(15)8-2-1-3-11-9(8)14/h1-3,6-7,13H,4-5H2,(H,11,14)(H,12,15). The van der Waals surface area contributed by atoms with Crippen LogP contribution in [0.25, 0.3) is 0 Å². The van der Waals surface area contributed by atoms with Crippen LogP contribution in [0.3, 0.4) is 0 Å². The number of aromatic nitrogens is 1. The van der Waals surface area contributed by atoms with E-state index in [9.17, 15) is 9.59 Å². The Balaban J connectivity index is 2.03. The van der Waals surface area contributed by atoms with E-state index in [0.717, 1.165) is 0 Å². The zero-order chi connectivity index (χ0) is 10.8. The molecule has 0 saturated heterocycles. The zero-order valence-corrected chi connectivity index (χ0v) is 8.06. The lowest BCUT2D eigenvalue weighted by molar-refractivity contribution is 0.0562. The Bertz CT molecular complexity index is 421. The Kier molecular flexibility index (Phi) is 2.55. The van der Waals surface area contributed by atoms with Crippen molar-refractivity contribution in [3.8, 4) is 0 Å². The van der Waals surface area contributed by atoms with Crippen LogP contribution in [0.4, 0.5) is 0 Å². The number of aliphatic hydroxyl groups is 1. The quantitative estimate of drug-likeness (QED) is 0.620. The van der Waals surface area contributed by atoms with Crippen molar-refractivity contribution in [2.75, 3.05) is 0 Å². The van der Waals surface area contributed by atoms with Gasteiger partial charge >= 0.3 is 0 Å². The van der Waals surface area contributed by atoms with Crippen LogP contribution in [0.15, 0.2) is 23.1 Å². The van der Waals surface area contributed by atoms with E-state index in [1.54, 1.807) is 6.07 Å². The minimum absolute atomic E-state index is 0.00731. The van der Waals surface area contributed by atoms with Gasteiger partial charge in [-0.15, -0.1) is 0 Å². The van der Waals surface area contributed by atoms with Crippen LogP contribution >= 0.6 is 0 Å². The molecule has 1 aliphatic carbocycles. The summed E-state index contributed by atoms with van der Waals surface area (Å²) in [7, 11) is 0. The number of aliphatic hydroxyl groups excluding tert-OH is 1. The molecule has 5 nitrogen and oxygen atoms in total. The Morgan fingerprint density at radius 3 is 2.87 bits per heavy atom. The first-order valence-electron chi connectivity index (χ1n) is 4.83. The molecule has 1 aromatic heterocycles. The fourth-order valence-electron chi connectivity index (χ4n) is 1.57. The molecule has 0 bridgehead atoms. The van der Waals surface area contributed by atoms with Gasteiger partial charge in [0.05, 0.1) is 6.10 Å². The highest BCUT2D eigenvalue weighted by atomic mass is 16.3. The van der Waals surface area contributed by atoms with E-state index in [1.807, 2.05) is 0 Å². The van der Waals surface area contributed by atoms with E-state index in [0.29, 0.717) is 12.8 Å². The van der Waals surface area contributed by atoms with Gasteiger partial charge in [0.15, 0.2) is 0 Å². The molecule has 0 spiro atoms. The number of hydrogen-bond acceptors (Lipinski definition) is 3. The normalized spacial score (nSPS) is 24.3. The molecule has 5 heteroatoms. The highest BCUT2D eigenvalue weighted by Gasteiger charge is 2.28. The molecular formula is C10H12N2O3. The van der Waals surface area contributed by atoms with Gasteiger partial charge < -0.3 is 15.4 Å². The summed E-state index contributed by atoms with van der Waals surface area (Å²) in [5, 5.41) is 11.7. The van der Waals surface area contributed by atoms with Crippen LogP contribution in [-0.4, -0.2) is 28.1 Å². The lowest BCUT2D eigenvalue weighted by atomic mass is 9.89. The summed E-state index contributed by atoms with van der Waals surface area (Å²) in [5.41, 5.74) is -0.284. The highest BCUT2D eigenvalue weighted by Crippen LogP contribution is 2.19. The number of aromatic amines is 1. The maximum absolute atomic E-state index is 11.6. The summed E-state index contributed by atoms with van der Waals surface area (Å²) in [6.45, 7) is 0. The van der Waals surface area contributed by atoms with Crippen LogP contribution in [0.1, 0.15) is 23.2 Å². The first-order valence-corrected chi connectivity index (χ1v) is 4.83. The van der Waals surface area contributed by atoms with Crippen LogP contribution in [0, 0.1) is 0 Å². The molecular weight excluding hydrogens is 196 g/mol. The van der Waals surface area contributed by atoms with Crippen molar-refractivity contribution in [2.45, 2.75) is 25.0 Å². The van der Waals surface area contributed by atoms with Gasteiger partial charge in [-0.05, 0) is 25.0 Å². The fourth-order valence-corrected chi connectivity index (χ4v) is 1.57. The molecule has 1 heterocycles. The minimum atomic E-state index is -0.394. The van der Waals surface area contributed by atoms with Crippen molar-refractivity contribution in [3.05, 3.63) is 34.2 Å². The summed E-state index contributed by atoms with van der Waals surface area (Å²) in [6.07, 6.45) is 2.29. The third-order valence-corrected chi connectivity index (χ3v) is 2.51. The summed E-state index contributed by atoms with van der Waals surface area (Å²) in [6, 6.07) is 3.07. The maximum Gasteiger partial charge on any atom is 0.260 e. The van der Waals surface area contributed by atoms with E-state index < -0.39 is 5.56 Å². The van der Waals surface area contributed by atoms with Gasteiger partial charge in [-0.25, -0.2) is 0 Å². The third kappa shape index (κ3) is 2.07. The second-order valence-electron chi connectivity index (χ2n) is 3.71. The number of H-pyrrole nitrogens is 1. The summed E-state index contributed by atoms with van der Waals surface area (Å²) in [5.74, 6) is -0.381. The molecule has 1 saturated carbocycles. The Morgan fingerprint density at radius 2 is 2.27 bits per heavy atom. The fraction of sp³-hybridized carbons (Fsp3) is 0.400. The number of nitrogens with one attached hydrogen (secondary N) is 2. The third-order valence-electron chi connectivity index (χ3n) is 2.51. The molecule has 15 heavy (non-hydrogen) atoms. The van der Waals surface area contributed by atoms with Crippen LogP contribution in [0.5, 0.6) is 0 Å². The van der Waals surface area contributed by atoms with E-state index >= 15 is 0 Å². The predicted octanol–water partition coefficient (Wildman–Crippen LogP) is -0.372. The molecule has 80 valence electrons. The summed E-state index contributed by atoms with van der Waals surface area (Å²) >= 11 is 0. The van der Waals surface area contributed by atoms with E-state index in [2.05, 4.69) is 10.3 Å². The van der Waals surface area contributed by atoms with Crippen molar-refractivity contribution >= 4 is 5.91 Å². The first kappa shape index (κ1) is 9.92. The van der Waals surface area contributed by atoms with Crippen molar-refractivity contribution < 1.29 is 9.90 Å². The maximum atomic E-state index is 11.6. The number of hydrogen-bond donors (Lipinski definition) is 3. The molecule has 0 radical (unpaired) electrons. The zero-order valence-electron chi connectivity index (χ0n) is 8.06. The smallest absolute Gasteiger partial charge is 0.260 e. The van der Waals surface area contributed by atoms with Crippen LogP contribution in [-0.2, 0) is 0 Å². The van der Waals surface area contributed by atoms with E-state index in [-0.39, 0.29) is 23.6 Å². The van der Waals surface area contributed by atoms with Crippen LogP contribution < -0.4 is 10.9 Å². The van der Waals surface area contributed by atoms with Gasteiger partial charge in [-0.3, -0.25) is 9.59 Å². The van der Waals surface area contributed by atoms with Gasteiger partial charge in [-0.2, -0.15) is 0 Å². The summed E-state index contributed by atoms with van der Waals surface area (Å²) < 4.78 is 0. The van der Waals surface area contributed by atoms with Crippen molar-refractivity contribution in [2.24, 2.45) is 0 Å². The topological polar surface area (TPSA) is 82.2 Å². The number of amides is 1. The number of rotatable bonds is 2. The summed E-state index contributed by atoms with van der Waals surface area (Å²) in [4.78, 5) is 25.2. The Hall–Kier alpha value is -1.62. The molecule has 1 fully saturated rings. The van der Waals surface area contributed by atoms with Crippen molar-refractivity contribution in [1.29, 1.82) is 0 Å². The van der Waals surface area contributed by atoms with E-state index in [1.165, 1.54) is 12.3 Å². The van der Waals surface area contributed by atoms with E-state index in [4.69, 9.17) is 5.11 Å². The molecule has 0 unspecified atom stereocenters. The minimum Gasteiger partial charge on any atom is -0.393 e. The molecule has 0 atom stereocenters. The van der Waals surface area contributed by atoms with Gasteiger partial charge in [0.2, 0.25) is 0 Å². The predicted molar refractivity (Wildman–Crippen MR) is 53.6 cm³/mol. The Morgan fingerprint density at radius 1 is 1.53 bits per heavy atom. The second-order valence-corrected chi connectivity index (χ2v) is 3.71. The Labute approximate surface area is 86.1 Å². The van der Waals surface area contributed by atoms with Gasteiger partial charge in [-0.1, -0.05) is 0 Å². The largest absolute Gasteiger partial charge is 0.393 e. The average Bonchev–Trinajstić information content (AvgIpc) is 2.16. The lowest BCUT2D eigenvalue weighted by Crippen LogP contribution is -2.47. The van der Waals surface area contributed by atoms with Crippen molar-refractivity contribution in [1.82, 2.24) is 10.3 Å². The number of carbonyl (C=O) groups excluding carboxylic acids is 1. The van der Waals surface area contributed by atoms with Crippen LogP contribution in [0.2, 0.25) is 0 Å². The molecule has 0 aromatic carbocycles. The lowest BCUT2D eigenvalue weighted by Gasteiger charge is -2.31. The number of carbonyl (C=O) groups is 1. The highest BCUT2D eigenvalue weighted by molar-refractivity contribution is 5.93. The molecule has 1 amide bonds. The first-order chi connectivity index (χ1) is 7.16. The average molecular weight is 208 g/mol. The second kappa shape index (κ2) is 3.86.